The fourth-order valence-corrected chi connectivity index (χ4v) is 2.46. The summed E-state index contributed by atoms with van der Waals surface area (Å²) >= 11 is 0. The molecule has 2 N–H and O–H groups in total. The van der Waals surface area contributed by atoms with Gasteiger partial charge in [0.1, 0.15) is 12.2 Å². The fourth-order valence-electron chi connectivity index (χ4n) is 2.46. The summed E-state index contributed by atoms with van der Waals surface area (Å²) in [6.07, 6.45) is 7.37. The lowest BCUT2D eigenvalue weighted by Crippen LogP contribution is -2.14. The number of oxazole rings is 1. The van der Waals surface area contributed by atoms with Crippen molar-refractivity contribution in [2.24, 2.45) is 0 Å². The maximum atomic E-state index is 11.9. The van der Waals surface area contributed by atoms with Crippen LogP contribution >= 0.6 is 0 Å². The standard InChI is InChI=1S/C14H17N4O2/c1-9-8-15-14(20-9)7-13(19)16-12-6-11(17-18-12)10-4-2-3-5-10/h2,6,8,10H,3-5,7H2,1H3,(H2,16,17,18,19)/t10-/m0/s1. The molecule has 3 rings (SSSR count). The summed E-state index contributed by atoms with van der Waals surface area (Å²) < 4.78 is 5.27. The molecule has 0 unspecified atom stereocenters. The van der Waals surface area contributed by atoms with E-state index in [0.717, 1.165) is 25.0 Å². The largest absolute Gasteiger partial charge is 0.445 e. The Morgan fingerprint density at radius 1 is 1.60 bits per heavy atom. The number of rotatable bonds is 4. The average molecular weight is 273 g/mol. The van der Waals surface area contributed by atoms with Crippen LogP contribution in [-0.2, 0) is 11.2 Å². The summed E-state index contributed by atoms with van der Waals surface area (Å²) in [6.45, 7) is 1.80. The Kier molecular flexibility index (Phi) is 3.54. The van der Waals surface area contributed by atoms with Crippen LogP contribution in [0.15, 0.2) is 16.7 Å². The van der Waals surface area contributed by atoms with E-state index in [-0.39, 0.29) is 12.3 Å². The maximum absolute atomic E-state index is 11.9. The van der Waals surface area contributed by atoms with Crippen LogP contribution in [-0.4, -0.2) is 21.1 Å². The van der Waals surface area contributed by atoms with Gasteiger partial charge < -0.3 is 9.73 Å². The Bertz CT molecular complexity index is 596. The zero-order chi connectivity index (χ0) is 13.9. The third-order valence-electron chi connectivity index (χ3n) is 3.46. The number of amides is 1. The first-order chi connectivity index (χ1) is 9.70. The number of H-pyrrole nitrogens is 1. The summed E-state index contributed by atoms with van der Waals surface area (Å²) in [5.74, 6) is 2.00. The lowest BCUT2D eigenvalue weighted by atomic mass is 10.0. The van der Waals surface area contributed by atoms with Gasteiger partial charge in [-0.3, -0.25) is 9.89 Å². The van der Waals surface area contributed by atoms with E-state index in [1.165, 1.54) is 0 Å². The van der Waals surface area contributed by atoms with E-state index in [0.29, 0.717) is 23.4 Å². The van der Waals surface area contributed by atoms with Crippen molar-refractivity contribution in [2.75, 3.05) is 5.32 Å². The van der Waals surface area contributed by atoms with Crippen LogP contribution in [0.3, 0.4) is 0 Å². The number of aryl methyl sites for hydroxylation is 1. The molecule has 0 aromatic carbocycles. The SMILES string of the molecule is Cc1cnc(CC(=O)Nc2cc([C@H]3C[CH]CC3)[nH]n2)o1. The molecule has 1 amide bonds. The minimum Gasteiger partial charge on any atom is -0.445 e. The van der Waals surface area contributed by atoms with Crippen LogP contribution in [0.2, 0.25) is 0 Å². The number of aromatic amines is 1. The van der Waals surface area contributed by atoms with Crippen molar-refractivity contribution >= 4 is 11.7 Å². The predicted molar refractivity (Wildman–Crippen MR) is 73.1 cm³/mol. The first kappa shape index (κ1) is 12.9. The van der Waals surface area contributed by atoms with Crippen molar-refractivity contribution in [1.82, 2.24) is 15.2 Å². The van der Waals surface area contributed by atoms with Crippen molar-refractivity contribution in [1.29, 1.82) is 0 Å². The van der Waals surface area contributed by atoms with Gasteiger partial charge in [-0.05, 0) is 32.6 Å². The van der Waals surface area contributed by atoms with E-state index in [9.17, 15) is 4.79 Å². The number of nitrogens with one attached hydrogen (secondary N) is 2. The number of carbonyl (C=O) groups excluding carboxylic acids is 1. The van der Waals surface area contributed by atoms with E-state index in [2.05, 4.69) is 26.9 Å². The van der Waals surface area contributed by atoms with Gasteiger partial charge in [0.25, 0.3) is 0 Å². The van der Waals surface area contributed by atoms with E-state index in [1.807, 2.05) is 6.07 Å². The van der Waals surface area contributed by atoms with Crippen molar-refractivity contribution in [3.05, 3.63) is 36.0 Å². The monoisotopic (exact) mass is 273 g/mol. The lowest BCUT2D eigenvalue weighted by Gasteiger charge is -2.03. The van der Waals surface area contributed by atoms with E-state index in [4.69, 9.17) is 4.42 Å². The summed E-state index contributed by atoms with van der Waals surface area (Å²) in [5.41, 5.74) is 1.08. The molecule has 20 heavy (non-hydrogen) atoms. The van der Waals surface area contributed by atoms with Crippen molar-refractivity contribution in [2.45, 2.75) is 38.5 Å². The topological polar surface area (TPSA) is 83.8 Å². The van der Waals surface area contributed by atoms with Crippen LogP contribution in [0.25, 0.3) is 0 Å². The Labute approximate surface area is 117 Å². The molecule has 1 aliphatic carbocycles. The highest BCUT2D eigenvalue weighted by Gasteiger charge is 2.20. The van der Waals surface area contributed by atoms with Gasteiger partial charge in [-0.25, -0.2) is 4.98 Å². The minimum absolute atomic E-state index is 0.118. The Balaban J connectivity index is 1.58. The van der Waals surface area contributed by atoms with Crippen LogP contribution in [0, 0.1) is 13.3 Å². The van der Waals surface area contributed by atoms with Gasteiger partial charge in [-0.2, -0.15) is 5.10 Å². The van der Waals surface area contributed by atoms with E-state index in [1.54, 1.807) is 13.1 Å². The molecular weight excluding hydrogens is 256 g/mol. The van der Waals surface area contributed by atoms with E-state index >= 15 is 0 Å². The van der Waals surface area contributed by atoms with Gasteiger partial charge in [0.15, 0.2) is 5.82 Å². The van der Waals surface area contributed by atoms with Gasteiger partial charge in [-0.15, -0.1) is 0 Å². The highest BCUT2D eigenvalue weighted by Crippen LogP contribution is 2.32. The number of anilines is 1. The average Bonchev–Trinajstić information content (AvgIpc) is 3.10. The molecule has 105 valence electrons. The molecule has 1 radical (unpaired) electrons. The summed E-state index contributed by atoms with van der Waals surface area (Å²) in [7, 11) is 0. The molecule has 6 nitrogen and oxygen atoms in total. The lowest BCUT2D eigenvalue weighted by molar-refractivity contribution is -0.115. The third-order valence-corrected chi connectivity index (χ3v) is 3.46. The molecule has 1 saturated carbocycles. The predicted octanol–water partition coefficient (Wildman–Crippen LogP) is 2.36. The summed E-state index contributed by atoms with van der Waals surface area (Å²) in [6, 6.07) is 1.91. The Morgan fingerprint density at radius 2 is 2.50 bits per heavy atom. The van der Waals surface area contributed by atoms with Gasteiger partial charge in [-0.1, -0.05) is 0 Å². The van der Waals surface area contributed by atoms with Crippen molar-refractivity contribution in [3.63, 3.8) is 0 Å². The number of hydrogen-bond donors (Lipinski definition) is 2. The fraction of sp³-hybridized carbons (Fsp3) is 0.429. The van der Waals surface area contributed by atoms with Crippen LogP contribution in [0.4, 0.5) is 5.82 Å². The number of hydrogen-bond acceptors (Lipinski definition) is 4. The number of aromatic nitrogens is 3. The maximum Gasteiger partial charge on any atom is 0.234 e. The molecule has 2 aromatic heterocycles. The smallest absolute Gasteiger partial charge is 0.234 e. The molecule has 1 atom stereocenters. The molecule has 0 saturated heterocycles. The van der Waals surface area contributed by atoms with Gasteiger partial charge in [0.2, 0.25) is 11.8 Å². The molecular formula is C14H17N4O2. The second kappa shape index (κ2) is 5.48. The third kappa shape index (κ3) is 2.89. The summed E-state index contributed by atoms with van der Waals surface area (Å²) in [5, 5.41) is 9.88. The number of carbonyl (C=O) groups is 1. The van der Waals surface area contributed by atoms with Crippen LogP contribution in [0.5, 0.6) is 0 Å². The molecule has 1 aliphatic rings. The molecule has 6 heteroatoms. The molecule has 2 aromatic rings. The Hall–Kier alpha value is -2.11. The van der Waals surface area contributed by atoms with E-state index < -0.39 is 0 Å². The molecule has 1 fully saturated rings. The number of nitrogens with zero attached hydrogens (tertiary/aromatic N) is 2. The van der Waals surface area contributed by atoms with Crippen molar-refractivity contribution < 1.29 is 9.21 Å². The first-order valence-electron chi connectivity index (χ1n) is 6.79. The molecule has 0 spiro atoms. The van der Waals surface area contributed by atoms with Crippen molar-refractivity contribution in [3.8, 4) is 0 Å². The molecule has 0 bridgehead atoms. The zero-order valence-electron chi connectivity index (χ0n) is 11.3. The quantitative estimate of drug-likeness (QED) is 0.895. The first-order valence-corrected chi connectivity index (χ1v) is 6.79. The second-order valence-electron chi connectivity index (χ2n) is 5.10. The van der Waals surface area contributed by atoms with Crippen LogP contribution < -0.4 is 5.32 Å². The normalized spacial score (nSPS) is 15.7. The van der Waals surface area contributed by atoms with Crippen LogP contribution in [0.1, 0.15) is 42.5 Å². The molecule has 2 heterocycles. The van der Waals surface area contributed by atoms with Gasteiger partial charge in [0.05, 0.1) is 6.20 Å². The minimum atomic E-state index is -0.178. The zero-order valence-corrected chi connectivity index (χ0v) is 11.3. The Morgan fingerprint density at radius 3 is 3.20 bits per heavy atom. The summed E-state index contributed by atoms with van der Waals surface area (Å²) in [4.78, 5) is 15.9. The molecule has 0 aliphatic heterocycles. The highest BCUT2D eigenvalue weighted by molar-refractivity contribution is 5.90. The van der Waals surface area contributed by atoms with Gasteiger partial charge in [0, 0.05) is 17.7 Å². The second-order valence-corrected chi connectivity index (χ2v) is 5.10. The highest BCUT2D eigenvalue weighted by atomic mass is 16.4. The van der Waals surface area contributed by atoms with Gasteiger partial charge >= 0.3 is 0 Å².